The topological polar surface area (TPSA) is 119 Å². The van der Waals surface area contributed by atoms with Gasteiger partial charge in [0.2, 0.25) is 11.8 Å². The Morgan fingerprint density at radius 1 is 0.652 bits per heavy atom. The van der Waals surface area contributed by atoms with E-state index in [0.717, 1.165) is 33.5 Å². The quantitative estimate of drug-likeness (QED) is 0.184. The van der Waals surface area contributed by atoms with E-state index in [9.17, 15) is 10.4 Å². The minimum Gasteiger partial charge on any atom is -0.508 e. The zero-order valence-electron chi connectivity index (χ0n) is 25.1. The van der Waals surface area contributed by atoms with Gasteiger partial charge in [0.1, 0.15) is 17.4 Å². The number of pyridine rings is 2. The van der Waals surface area contributed by atoms with E-state index in [0.29, 0.717) is 39.6 Å². The third-order valence-corrected chi connectivity index (χ3v) is 7.40. The van der Waals surface area contributed by atoms with Gasteiger partial charge >= 0.3 is 11.8 Å². The smallest absolute Gasteiger partial charge is 0.340 e. The highest BCUT2D eigenvalue weighted by Gasteiger charge is 2.20. The van der Waals surface area contributed by atoms with Gasteiger partial charge in [-0.25, -0.2) is 9.97 Å². The van der Waals surface area contributed by atoms with Crippen LogP contribution in [0.1, 0.15) is 11.1 Å². The predicted octanol–water partition coefficient (Wildman–Crippen LogP) is 8.33. The number of rotatable bonds is 6. The minimum atomic E-state index is 0.137. The first-order chi connectivity index (χ1) is 22.5. The van der Waals surface area contributed by atoms with Gasteiger partial charge in [0.15, 0.2) is 5.56 Å². The lowest BCUT2D eigenvalue weighted by Gasteiger charge is -2.11. The Balaban J connectivity index is 1.40. The second-order valence-corrected chi connectivity index (χ2v) is 10.3. The lowest BCUT2D eigenvalue weighted by atomic mass is 9.98. The van der Waals surface area contributed by atoms with Gasteiger partial charge in [0, 0.05) is 40.1 Å². The summed E-state index contributed by atoms with van der Waals surface area (Å²) in [4.78, 5) is 14.0. The van der Waals surface area contributed by atoms with Crippen molar-refractivity contribution >= 4 is 11.4 Å². The van der Waals surface area contributed by atoms with Crippen LogP contribution in [0.15, 0.2) is 115 Å². The third-order valence-electron chi connectivity index (χ3n) is 7.40. The zero-order chi connectivity index (χ0) is 32.0. The summed E-state index contributed by atoms with van der Waals surface area (Å²) in [5, 5.41) is 19.6. The van der Waals surface area contributed by atoms with E-state index in [4.69, 9.17) is 20.2 Å². The van der Waals surface area contributed by atoms with Crippen LogP contribution in [0, 0.1) is 17.4 Å². The molecule has 0 spiro atoms. The van der Waals surface area contributed by atoms with Gasteiger partial charge in [0.25, 0.3) is 0 Å². The summed E-state index contributed by atoms with van der Waals surface area (Å²) < 4.78 is 11.2. The summed E-state index contributed by atoms with van der Waals surface area (Å²) >= 11 is 0. The van der Waals surface area contributed by atoms with Crippen molar-refractivity contribution in [2.24, 2.45) is 0 Å². The summed E-state index contributed by atoms with van der Waals surface area (Å²) in [5.41, 5.74) is 14.5. The molecule has 0 aliphatic rings. The zero-order valence-corrected chi connectivity index (χ0v) is 25.1. The second kappa shape index (κ2) is 12.9. The lowest BCUT2D eigenvalue weighted by Crippen LogP contribution is -1.98. The SMILES string of the molecule is COc1nc(-c2ccccc2)cc(-c2ccc(N)cc2)c1C#[N+]c1ccc(-c2cc(-c3ccc(O)cc3)c(C#N)c(OC)n2)cc1. The van der Waals surface area contributed by atoms with Gasteiger partial charge in [-0.15, -0.1) is 0 Å². The first-order valence-electron chi connectivity index (χ1n) is 14.3. The highest BCUT2D eigenvalue weighted by Crippen LogP contribution is 2.36. The van der Waals surface area contributed by atoms with Crippen LogP contribution in [0.25, 0.3) is 49.6 Å². The summed E-state index contributed by atoms with van der Waals surface area (Å²) in [6, 6.07) is 40.8. The monoisotopic (exact) mass is 602 g/mol. The minimum absolute atomic E-state index is 0.137. The highest BCUT2D eigenvalue weighted by atomic mass is 16.5. The van der Waals surface area contributed by atoms with Crippen LogP contribution in [-0.4, -0.2) is 29.3 Å². The van der Waals surface area contributed by atoms with Gasteiger partial charge in [-0.3, -0.25) is 0 Å². The molecule has 0 unspecified atom stereocenters. The molecule has 0 aliphatic carbocycles. The van der Waals surface area contributed by atoms with Crippen LogP contribution >= 0.6 is 0 Å². The molecule has 46 heavy (non-hydrogen) atoms. The van der Waals surface area contributed by atoms with E-state index in [2.05, 4.69) is 22.0 Å². The molecule has 2 heterocycles. The maximum atomic E-state index is 9.85. The van der Waals surface area contributed by atoms with Crippen LogP contribution in [0.5, 0.6) is 17.5 Å². The molecule has 6 rings (SSSR count). The number of nitrogens with two attached hydrogens (primary N) is 1. The number of phenols is 1. The maximum Gasteiger partial charge on any atom is 0.340 e. The van der Waals surface area contributed by atoms with Crippen LogP contribution in [0.3, 0.4) is 0 Å². The van der Waals surface area contributed by atoms with Crippen molar-refractivity contribution in [3.63, 3.8) is 0 Å². The molecule has 6 aromatic rings. The van der Waals surface area contributed by atoms with Crippen molar-refractivity contribution in [1.29, 1.82) is 5.26 Å². The average Bonchev–Trinajstić information content (AvgIpc) is 3.11. The number of ether oxygens (including phenoxy) is 2. The van der Waals surface area contributed by atoms with E-state index in [1.807, 2.05) is 91.0 Å². The van der Waals surface area contributed by atoms with Crippen molar-refractivity contribution in [2.75, 3.05) is 20.0 Å². The standard InChI is InChI=1S/C38H27N5O3/c1-45-37-33(22-39)31(25-12-18-30(44)19-13-25)20-36(42-37)27-10-16-29(17-11-27)41-23-34-32(24-8-14-28(40)15-9-24)21-35(43-38(34)46-2)26-6-4-3-5-7-26/h3-21,40H,1-2H3,(H,42,44)/p+1. The number of nitrogen functional groups attached to an aromatic ring is 1. The number of methoxy groups -OCH3 is 2. The molecule has 0 amide bonds. The van der Waals surface area contributed by atoms with Crippen LogP contribution < -0.4 is 15.2 Å². The van der Waals surface area contributed by atoms with Crippen molar-refractivity contribution in [3.05, 3.63) is 131 Å². The number of nitriles is 1. The Labute approximate surface area is 266 Å². The van der Waals surface area contributed by atoms with Crippen molar-refractivity contribution in [1.82, 2.24) is 9.97 Å². The van der Waals surface area contributed by atoms with E-state index in [-0.39, 0.29) is 11.6 Å². The number of aromatic nitrogens is 2. The first kappa shape index (κ1) is 29.4. The molecule has 8 nitrogen and oxygen atoms in total. The largest absolute Gasteiger partial charge is 0.508 e. The molecule has 0 aliphatic heterocycles. The number of hydrogen-bond donors (Lipinski definition) is 2. The highest BCUT2D eigenvalue weighted by molar-refractivity contribution is 5.80. The molecule has 0 atom stereocenters. The van der Waals surface area contributed by atoms with Gasteiger partial charge in [-0.1, -0.05) is 54.6 Å². The van der Waals surface area contributed by atoms with Gasteiger partial charge < -0.3 is 20.3 Å². The Bertz CT molecular complexity index is 2130. The number of benzene rings is 4. The van der Waals surface area contributed by atoms with Gasteiger partial charge in [0.05, 0.1) is 25.6 Å². The van der Waals surface area contributed by atoms with Gasteiger partial charge in [-0.2, -0.15) is 5.26 Å². The van der Waals surface area contributed by atoms with Crippen molar-refractivity contribution in [2.45, 2.75) is 0 Å². The Morgan fingerprint density at radius 2 is 1.15 bits per heavy atom. The number of hydrogen-bond acceptors (Lipinski definition) is 7. The van der Waals surface area contributed by atoms with Crippen LogP contribution in [-0.2, 0) is 0 Å². The average molecular weight is 603 g/mol. The molecule has 0 saturated carbocycles. The fourth-order valence-corrected chi connectivity index (χ4v) is 5.05. The number of aromatic hydroxyl groups is 1. The molecule has 0 fully saturated rings. The third kappa shape index (κ3) is 6.05. The van der Waals surface area contributed by atoms with E-state index >= 15 is 0 Å². The van der Waals surface area contributed by atoms with E-state index in [1.54, 1.807) is 31.4 Å². The normalized spacial score (nSPS) is 10.4. The molecule has 0 bridgehead atoms. The summed E-state index contributed by atoms with van der Waals surface area (Å²) in [6.45, 7) is 0. The molecule has 4 aromatic carbocycles. The van der Waals surface area contributed by atoms with Crippen molar-refractivity contribution < 1.29 is 14.6 Å². The van der Waals surface area contributed by atoms with Crippen LogP contribution in [0.4, 0.5) is 11.4 Å². The molecule has 0 radical (unpaired) electrons. The molecule has 8 heteroatoms. The van der Waals surface area contributed by atoms with Gasteiger partial charge in [-0.05, 0) is 64.5 Å². The summed E-state index contributed by atoms with van der Waals surface area (Å²) in [5.74, 6) is 0.744. The van der Waals surface area contributed by atoms with E-state index < -0.39 is 0 Å². The Morgan fingerprint density at radius 3 is 1.72 bits per heavy atom. The maximum absolute atomic E-state index is 9.85. The van der Waals surface area contributed by atoms with E-state index in [1.165, 1.54) is 7.11 Å². The predicted molar refractivity (Wildman–Crippen MR) is 180 cm³/mol. The fourth-order valence-electron chi connectivity index (χ4n) is 5.05. The molecular weight excluding hydrogens is 574 g/mol. The second-order valence-electron chi connectivity index (χ2n) is 10.3. The lowest BCUT2D eigenvalue weighted by molar-refractivity contribution is 0.397. The summed E-state index contributed by atoms with van der Waals surface area (Å²) in [7, 11) is 3.06. The number of nitrogens with zero attached hydrogens (tertiary/aromatic N) is 4. The molecule has 0 saturated heterocycles. The van der Waals surface area contributed by atoms with Crippen LogP contribution in [0.2, 0.25) is 0 Å². The number of anilines is 1. The molecule has 2 aromatic heterocycles. The molecular formula is C38H28N5O3+. The molecule has 3 N–H and O–H groups in total. The molecule has 222 valence electrons. The number of phenolic OH excluding ortho intramolecular Hbond substituents is 1. The van der Waals surface area contributed by atoms with Crippen molar-refractivity contribution in [3.8, 4) is 74.4 Å². The first-order valence-corrected chi connectivity index (χ1v) is 14.3. The summed E-state index contributed by atoms with van der Waals surface area (Å²) in [6.07, 6.45) is 0. The Kier molecular flexibility index (Phi) is 8.27. The fraction of sp³-hybridized carbons (Fsp3) is 0.0526. The Hall–Kier alpha value is -6.64.